The van der Waals surface area contributed by atoms with Gasteiger partial charge in [-0.1, -0.05) is 12.7 Å². The topological polar surface area (TPSA) is 68.6 Å². The average molecular weight is 364 g/mol. The number of hydrogen-bond donors (Lipinski definition) is 1. The molecule has 6 nitrogen and oxygen atoms in total. The minimum atomic E-state index is 0.321. The SMILES string of the molecule is C=CN=C(/C=C\C)Nc1ccc(Oc2nccnc2C2CCOCC2)cc1. The highest BCUT2D eigenvalue weighted by Crippen LogP contribution is 2.32. The molecule has 0 saturated carbocycles. The van der Waals surface area contributed by atoms with Gasteiger partial charge in [0.25, 0.3) is 0 Å². The minimum Gasteiger partial charge on any atom is -0.437 e. The maximum absolute atomic E-state index is 6.02. The fraction of sp³-hybridized carbons (Fsp3) is 0.286. The third-order valence-electron chi connectivity index (χ3n) is 4.20. The van der Waals surface area contributed by atoms with Gasteiger partial charge in [-0.25, -0.2) is 9.98 Å². The van der Waals surface area contributed by atoms with Crippen LogP contribution in [-0.4, -0.2) is 29.0 Å². The monoisotopic (exact) mass is 364 g/mol. The number of hydrogen-bond acceptors (Lipinski definition) is 5. The lowest BCUT2D eigenvalue weighted by Gasteiger charge is -2.22. The fourth-order valence-electron chi connectivity index (χ4n) is 2.90. The van der Waals surface area contributed by atoms with Gasteiger partial charge in [0.05, 0.1) is 0 Å². The van der Waals surface area contributed by atoms with Gasteiger partial charge >= 0.3 is 0 Å². The Bertz CT molecular complexity index is 809. The molecule has 1 N–H and O–H groups in total. The fourth-order valence-corrected chi connectivity index (χ4v) is 2.90. The highest BCUT2D eigenvalue weighted by atomic mass is 16.5. The number of nitrogens with zero attached hydrogens (tertiary/aromatic N) is 3. The first-order valence-corrected chi connectivity index (χ1v) is 9.05. The van der Waals surface area contributed by atoms with Gasteiger partial charge in [0.15, 0.2) is 0 Å². The molecule has 140 valence electrons. The van der Waals surface area contributed by atoms with Crippen molar-refractivity contribution in [2.45, 2.75) is 25.7 Å². The molecule has 0 radical (unpaired) electrons. The van der Waals surface area contributed by atoms with E-state index in [1.165, 1.54) is 6.20 Å². The van der Waals surface area contributed by atoms with E-state index in [9.17, 15) is 0 Å². The van der Waals surface area contributed by atoms with Crippen LogP contribution in [-0.2, 0) is 4.74 Å². The normalized spacial score (nSPS) is 15.7. The van der Waals surface area contributed by atoms with Crippen molar-refractivity contribution < 1.29 is 9.47 Å². The number of anilines is 1. The predicted molar refractivity (Wildman–Crippen MR) is 107 cm³/mol. The van der Waals surface area contributed by atoms with Crippen LogP contribution >= 0.6 is 0 Å². The van der Waals surface area contributed by atoms with Crippen molar-refractivity contribution in [1.82, 2.24) is 9.97 Å². The van der Waals surface area contributed by atoms with Crippen molar-refractivity contribution >= 4 is 11.5 Å². The number of aliphatic imine (C=N–C) groups is 1. The molecule has 0 bridgehead atoms. The second-order valence-corrected chi connectivity index (χ2v) is 6.08. The Morgan fingerprint density at radius 2 is 1.96 bits per heavy atom. The predicted octanol–water partition coefficient (Wildman–Crippen LogP) is 4.69. The smallest absolute Gasteiger partial charge is 0.241 e. The third kappa shape index (κ3) is 5.24. The molecule has 3 rings (SSSR count). The Labute approximate surface area is 159 Å². The van der Waals surface area contributed by atoms with Gasteiger partial charge in [-0.15, -0.1) is 0 Å². The van der Waals surface area contributed by atoms with Crippen LogP contribution in [0.4, 0.5) is 5.69 Å². The molecule has 1 saturated heterocycles. The summed E-state index contributed by atoms with van der Waals surface area (Å²) in [5.41, 5.74) is 1.81. The van der Waals surface area contributed by atoms with Gasteiger partial charge in [0.2, 0.25) is 5.88 Å². The molecule has 27 heavy (non-hydrogen) atoms. The molecule has 0 spiro atoms. The van der Waals surface area contributed by atoms with Crippen LogP contribution in [0.1, 0.15) is 31.4 Å². The van der Waals surface area contributed by atoms with Gasteiger partial charge in [-0.05, 0) is 50.1 Å². The highest BCUT2D eigenvalue weighted by Gasteiger charge is 2.22. The second-order valence-electron chi connectivity index (χ2n) is 6.08. The van der Waals surface area contributed by atoms with E-state index in [1.807, 2.05) is 43.3 Å². The van der Waals surface area contributed by atoms with Gasteiger partial charge in [-0.3, -0.25) is 4.98 Å². The second kappa shape index (κ2) is 9.64. The van der Waals surface area contributed by atoms with E-state index in [0.717, 1.165) is 43.3 Å². The van der Waals surface area contributed by atoms with Gasteiger partial charge < -0.3 is 14.8 Å². The van der Waals surface area contributed by atoms with Gasteiger partial charge in [-0.2, -0.15) is 0 Å². The summed E-state index contributed by atoms with van der Waals surface area (Å²) in [5, 5.41) is 3.23. The summed E-state index contributed by atoms with van der Waals surface area (Å²) in [6.07, 6.45) is 10.5. The molecule has 0 unspecified atom stereocenters. The van der Waals surface area contributed by atoms with E-state index < -0.39 is 0 Å². The Kier molecular flexibility index (Phi) is 6.71. The molecule has 1 aliphatic heterocycles. The van der Waals surface area contributed by atoms with Crippen molar-refractivity contribution in [3.05, 3.63) is 67.3 Å². The maximum Gasteiger partial charge on any atom is 0.241 e. The number of ether oxygens (including phenoxy) is 2. The van der Waals surface area contributed by atoms with E-state index >= 15 is 0 Å². The Morgan fingerprint density at radius 3 is 2.67 bits per heavy atom. The number of rotatable bonds is 6. The van der Waals surface area contributed by atoms with Crippen molar-refractivity contribution in [3.63, 3.8) is 0 Å². The van der Waals surface area contributed by atoms with Crippen molar-refractivity contribution in [2.75, 3.05) is 18.5 Å². The Hall–Kier alpha value is -2.99. The maximum atomic E-state index is 6.02. The van der Waals surface area contributed by atoms with Crippen LogP contribution in [0.2, 0.25) is 0 Å². The summed E-state index contributed by atoms with van der Waals surface area (Å²) in [6, 6.07) is 7.65. The number of benzene rings is 1. The summed E-state index contributed by atoms with van der Waals surface area (Å²) in [7, 11) is 0. The van der Waals surface area contributed by atoms with Crippen LogP contribution in [0.5, 0.6) is 11.6 Å². The average Bonchev–Trinajstić information content (AvgIpc) is 2.71. The van der Waals surface area contributed by atoms with Crippen LogP contribution < -0.4 is 10.1 Å². The minimum absolute atomic E-state index is 0.321. The zero-order valence-electron chi connectivity index (χ0n) is 15.5. The van der Waals surface area contributed by atoms with E-state index in [0.29, 0.717) is 17.5 Å². The van der Waals surface area contributed by atoms with Gasteiger partial charge in [0.1, 0.15) is 17.3 Å². The molecule has 1 aliphatic rings. The van der Waals surface area contributed by atoms with Crippen LogP contribution in [0.15, 0.2) is 66.6 Å². The highest BCUT2D eigenvalue weighted by molar-refractivity contribution is 6.04. The molecule has 2 heterocycles. The molecule has 0 aliphatic carbocycles. The molecular weight excluding hydrogens is 340 g/mol. The van der Waals surface area contributed by atoms with Crippen LogP contribution in [0.3, 0.4) is 0 Å². The van der Waals surface area contributed by atoms with Crippen molar-refractivity contribution in [1.29, 1.82) is 0 Å². The van der Waals surface area contributed by atoms with Crippen molar-refractivity contribution in [2.24, 2.45) is 4.99 Å². The zero-order chi connectivity index (χ0) is 18.9. The first kappa shape index (κ1) is 18.8. The summed E-state index contributed by atoms with van der Waals surface area (Å²) < 4.78 is 11.5. The molecule has 0 amide bonds. The van der Waals surface area contributed by atoms with E-state index in [4.69, 9.17) is 9.47 Å². The van der Waals surface area contributed by atoms with Crippen molar-refractivity contribution in [3.8, 4) is 11.6 Å². The molecule has 1 fully saturated rings. The Balaban J connectivity index is 1.72. The number of allylic oxidation sites excluding steroid dienone is 1. The first-order valence-electron chi connectivity index (χ1n) is 9.05. The molecule has 1 aromatic heterocycles. The number of aromatic nitrogens is 2. The summed E-state index contributed by atoms with van der Waals surface area (Å²) >= 11 is 0. The molecule has 2 aromatic rings. The quantitative estimate of drug-likeness (QED) is 0.595. The van der Waals surface area contributed by atoms with E-state index in [1.54, 1.807) is 12.4 Å². The lowest BCUT2D eigenvalue weighted by atomic mass is 9.96. The lowest BCUT2D eigenvalue weighted by Crippen LogP contribution is -2.16. The molecule has 1 aromatic carbocycles. The summed E-state index contributed by atoms with van der Waals surface area (Å²) in [4.78, 5) is 13.1. The summed E-state index contributed by atoms with van der Waals surface area (Å²) in [5.74, 6) is 2.31. The molecule has 0 atom stereocenters. The van der Waals surface area contributed by atoms with Crippen LogP contribution in [0.25, 0.3) is 0 Å². The summed E-state index contributed by atoms with van der Waals surface area (Å²) in [6.45, 7) is 7.07. The molecule has 6 heteroatoms. The lowest BCUT2D eigenvalue weighted by molar-refractivity contribution is 0.0839. The Morgan fingerprint density at radius 1 is 1.22 bits per heavy atom. The van der Waals surface area contributed by atoms with E-state index in [-0.39, 0.29) is 0 Å². The van der Waals surface area contributed by atoms with E-state index in [2.05, 4.69) is 26.9 Å². The molecular formula is C21H24N4O2. The van der Waals surface area contributed by atoms with Gasteiger partial charge in [0, 0.05) is 43.4 Å². The number of amidine groups is 1. The van der Waals surface area contributed by atoms with Crippen LogP contribution in [0, 0.1) is 0 Å². The first-order chi connectivity index (χ1) is 13.3. The zero-order valence-corrected chi connectivity index (χ0v) is 15.5. The number of nitrogens with one attached hydrogen (secondary N) is 1. The largest absolute Gasteiger partial charge is 0.437 e. The third-order valence-corrected chi connectivity index (χ3v) is 4.20. The standard InChI is InChI=1S/C21H24N4O2/c1-3-5-19(22-4-2)25-17-6-8-18(9-7-17)27-21-20(23-12-13-24-21)16-10-14-26-15-11-16/h3-9,12-13,16H,2,10-11,14-15H2,1H3,(H,22,25)/b5-3-.